The largest absolute Gasteiger partial charge is 0.492 e. The van der Waals surface area contributed by atoms with E-state index in [0.717, 1.165) is 16.9 Å². The highest BCUT2D eigenvalue weighted by molar-refractivity contribution is 5.88. The number of carbonyl (C=O) groups is 2. The first-order chi connectivity index (χ1) is 19.3. The second-order valence-electron chi connectivity index (χ2n) is 10.4. The Hall–Kier alpha value is -4.37. The van der Waals surface area contributed by atoms with Crippen molar-refractivity contribution in [1.82, 2.24) is 19.9 Å². The van der Waals surface area contributed by atoms with Crippen molar-refractivity contribution >= 4 is 23.3 Å². The number of amides is 2. The van der Waals surface area contributed by atoms with Gasteiger partial charge in [-0.3, -0.25) is 4.79 Å². The lowest BCUT2D eigenvalue weighted by atomic mass is 9.86. The van der Waals surface area contributed by atoms with E-state index in [1.165, 1.54) is 0 Å². The zero-order chi connectivity index (χ0) is 28.3. The van der Waals surface area contributed by atoms with E-state index in [2.05, 4.69) is 21.4 Å². The number of ether oxygens (including phenoxy) is 3. The molecule has 0 spiro atoms. The van der Waals surface area contributed by atoms with Crippen LogP contribution >= 0.6 is 0 Å². The number of fused-ring (bicyclic) bond motifs is 1. The normalized spacial score (nSPS) is 18.1. The van der Waals surface area contributed by atoms with Crippen molar-refractivity contribution in [2.75, 3.05) is 37.8 Å². The molecule has 2 saturated heterocycles. The molecular weight excluding hydrogens is 514 g/mol. The van der Waals surface area contributed by atoms with Crippen LogP contribution in [0.3, 0.4) is 0 Å². The molecule has 0 bridgehead atoms. The van der Waals surface area contributed by atoms with E-state index < -0.39 is 17.2 Å². The van der Waals surface area contributed by atoms with Gasteiger partial charge in [-0.05, 0) is 44.9 Å². The Kier molecular flexibility index (Phi) is 7.49. The van der Waals surface area contributed by atoms with Crippen LogP contribution in [0.1, 0.15) is 45.1 Å². The van der Waals surface area contributed by atoms with Crippen molar-refractivity contribution in [2.24, 2.45) is 5.73 Å². The maximum Gasteiger partial charge on any atom is 0.405 e. The molecule has 2 aliphatic rings. The molecule has 3 aromatic heterocycles. The predicted molar refractivity (Wildman–Crippen MR) is 146 cm³/mol. The molecule has 5 heterocycles. The molecule has 0 unspecified atom stereocenters. The van der Waals surface area contributed by atoms with Gasteiger partial charge < -0.3 is 30.2 Å². The second kappa shape index (κ2) is 11.0. The van der Waals surface area contributed by atoms with Crippen LogP contribution in [0.5, 0.6) is 5.75 Å². The molecule has 2 amide bonds. The lowest BCUT2D eigenvalue weighted by Crippen LogP contribution is -2.61. The number of nitriles is 1. The highest BCUT2D eigenvalue weighted by atomic mass is 16.6. The van der Waals surface area contributed by atoms with Crippen LogP contribution in [0.4, 0.5) is 10.6 Å². The molecule has 2 fully saturated rings. The van der Waals surface area contributed by atoms with Crippen LogP contribution in [-0.2, 0) is 14.3 Å². The lowest BCUT2D eigenvalue weighted by molar-refractivity contribution is -0.151. The molecule has 0 saturated carbocycles. The van der Waals surface area contributed by atoms with Crippen LogP contribution in [0, 0.1) is 11.3 Å². The van der Waals surface area contributed by atoms with Crippen molar-refractivity contribution in [3.63, 3.8) is 0 Å². The average molecular weight is 548 g/mol. The number of hydrogen-bond acceptors (Lipinski definition) is 9. The molecule has 12 nitrogen and oxygen atoms in total. The quantitative estimate of drug-likeness (QED) is 0.454. The van der Waals surface area contributed by atoms with Crippen molar-refractivity contribution < 1.29 is 23.8 Å². The zero-order valence-corrected chi connectivity index (χ0v) is 22.7. The monoisotopic (exact) mass is 547 g/mol. The number of pyridine rings is 2. The summed E-state index contributed by atoms with van der Waals surface area (Å²) in [5, 5.41) is 17.0. The van der Waals surface area contributed by atoms with Crippen LogP contribution in [0.15, 0.2) is 36.8 Å². The van der Waals surface area contributed by atoms with Gasteiger partial charge in [0.15, 0.2) is 5.60 Å². The predicted octanol–water partition coefficient (Wildman–Crippen LogP) is 2.79. The van der Waals surface area contributed by atoms with Crippen molar-refractivity contribution in [3.8, 4) is 22.9 Å². The van der Waals surface area contributed by atoms with Gasteiger partial charge in [0, 0.05) is 48.8 Å². The third-order valence-electron chi connectivity index (χ3n) is 7.69. The molecule has 0 aliphatic carbocycles. The summed E-state index contributed by atoms with van der Waals surface area (Å²) in [6.07, 6.45) is 6.05. The lowest BCUT2D eigenvalue weighted by Gasteiger charge is -2.43. The molecular formula is C28H33N7O5. The van der Waals surface area contributed by atoms with E-state index in [4.69, 9.17) is 24.9 Å². The van der Waals surface area contributed by atoms with Crippen LogP contribution in [-0.4, -0.2) is 70.6 Å². The number of piperidine rings is 1. The highest BCUT2D eigenvalue weighted by Crippen LogP contribution is 2.33. The number of nitrogens with zero attached hydrogens (tertiary/aromatic N) is 5. The van der Waals surface area contributed by atoms with Gasteiger partial charge in [-0.2, -0.15) is 10.4 Å². The minimum absolute atomic E-state index is 0.273. The van der Waals surface area contributed by atoms with Crippen molar-refractivity contribution in [3.05, 3.63) is 42.4 Å². The fraction of sp³-hybridized carbons (Fsp3) is 0.464. The van der Waals surface area contributed by atoms with Gasteiger partial charge in [-0.1, -0.05) is 0 Å². The summed E-state index contributed by atoms with van der Waals surface area (Å²) in [7, 11) is 0. The van der Waals surface area contributed by atoms with E-state index >= 15 is 0 Å². The SMILES string of the molecule is CCOc1cc(-c2ccc(N3CCC(C)(NC(=O)C4(OC(N)=O)CCOCC4)CC3)nc2)c2c(C#N)cnn2c1. The van der Waals surface area contributed by atoms with Gasteiger partial charge in [-0.25, -0.2) is 14.3 Å². The second-order valence-corrected chi connectivity index (χ2v) is 10.4. The van der Waals surface area contributed by atoms with E-state index in [1.807, 2.05) is 32.0 Å². The molecule has 2 aliphatic heterocycles. The Labute approximate surface area is 232 Å². The first-order valence-corrected chi connectivity index (χ1v) is 13.4. The third-order valence-corrected chi connectivity index (χ3v) is 7.69. The number of rotatable bonds is 7. The summed E-state index contributed by atoms with van der Waals surface area (Å²) in [6, 6.07) is 8.05. The van der Waals surface area contributed by atoms with Gasteiger partial charge in [0.1, 0.15) is 17.6 Å². The van der Waals surface area contributed by atoms with Crippen LogP contribution < -0.4 is 20.7 Å². The molecule has 3 N–H and O–H groups in total. The standard InChI is InChI=1S/C28H33N7O5/c1-3-39-21-14-22(24-20(15-29)17-32-35(24)18-21)19-4-5-23(31-16-19)34-10-6-27(2,7-11-34)33-25(36)28(40-26(30)37)8-12-38-13-9-28/h4-5,14,16-18H,3,6-13H2,1-2H3,(H2,30,37)(H,33,36). The Morgan fingerprint density at radius 2 is 1.95 bits per heavy atom. The molecule has 0 atom stereocenters. The Balaban J connectivity index is 1.29. The number of nitrogens with two attached hydrogens (primary N) is 1. The molecule has 0 radical (unpaired) electrons. The molecule has 40 heavy (non-hydrogen) atoms. The molecule has 210 valence electrons. The average Bonchev–Trinajstić information content (AvgIpc) is 3.36. The third kappa shape index (κ3) is 5.37. The number of anilines is 1. The van der Waals surface area contributed by atoms with Crippen molar-refractivity contribution in [1.29, 1.82) is 5.26 Å². The summed E-state index contributed by atoms with van der Waals surface area (Å²) < 4.78 is 18.1. The van der Waals surface area contributed by atoms with E-state index in [9.17, 15) is 14.9 Å². The summed E-state index contributed by atoms with van der Waals surface area (Å²) in [4.78, 5) is 31.7. The molecule has 3 aromatic rings. The van der Waals surface area contributed by atoms with E-state index in [0.29, 0.717) is 62.6 Å². The number of primary amides is 1. The molecule has 12 heteroatoms. The summed E-state index contributed by atoms with van der Waals surface area (Å²) >= 11 is 0. The van der Waals surface area contributed by atoms with Crippen LogP contribution in [0.2, 0.25) is 0 Å². The fourth-order valence-electron chi connectivity index (χ4n) is 5.39. The summed E-state index contributed by atoms with van der Waals surface area (Å²) in [6.45, 7) is 6.45. The first kappa shape index (κ1) is 27.2. The van der Waals surface area contributed by atoms with Gasteiger partial charge in [0.25, 0.3) is 5.91 Å². The Bertz CT molecular complexity index is 1430. The van der Waals surface area contributed by atoms with Crippen LogP contribution in [0.25, 0.3) is 16.6 Å². The van der Waals surface area contributed by atoms with Crippen molar-refractivity contribution in [2.45, 2.75) is 50.7 Å². The first-order valence-electron chi connectivity index (χ1n) is 13.4. The Morgan fingerprint density at radius 1 is 1.20 bits per heavy atom. The molecule has 0 aromatic carbocycles. The van der Waals surface area contributed by atoms with Gasteiger partial charge >= 0.3 is 6.09 Å². The van der Waals surface area contributed by atoms with E-state index in [-0.39, 0.29) is 18.7 Å². The number of hydrogen-bond donors (Lipinski definition) is 2. The fourth-order valence-corrected chi connectivity index (χ4v) is 5.39. The van der Waals surface area contributed by atoms with Gasteiger partial charge in [-0.15, -0.1) is 0 Å². The molecule has 5 rings (SSSR count). The minimum atomic E-state index is -1.30. The highest BCUT2D eigenvalue weighted by Gasteiger charge is 2.46. The number of nitrogens with one attached hydrogen (secondary N) is 1. The summed E-state index contributed by atoms with van der Waals surface area (Å²) in [5.41, 5.74) is 6.34. The van der Waals surface area contributed by atoms with Gasteiger partial charge in [0.2, 0.25) is 0 Å². The van der Waals surface area contributed by atoms with Gasteiger partial charge in [0.05, 0.1) is 43.3 Å². The minimum Gasteiger partial charge on any atom is -0.492 e. The number of carbonyl (C=O) groups excluding carboxylic acids is 2. The summed E-state index contributed by atoms with van der Waals surface area (Å²) in [5.74, 6) is 1.15. The number of aromatic nitrogens is 3. The maximum atomic E-state index is 13.3. The maximum absolute atomic E-state index is 13.3. The smallest absolute Gasteiger partial charge is 0.405 e. The topological polar surface area (TPSA) is 157 Å². The van der Waals surface area contributed by atoms with E-state index in [1.54, 1.807) is 23.1 Å². The zero-order valence-electron chi connectivity index (χ0n) is 22.7. The Morgan fingerprint density at radius 3 is 2.58 bits per heavy atom.